The smallest absolute Gasteiger partial charge is 0.161 e. The average molecular weight is 493 g/mol. The highest BCUT2D eigenvalue weighted by atomic mass is 32.1. The van der Waals surface area contributed by atoms with Crippen LogP contribution < -0.4 is 16.4 Å². The Kier molecular flexibility index (Phi) is 5.28. The highest BCUT2D eigenvalue weighted by molar-refractivity contribution is 7.16. The zero-order valence-corrected chi connectivity index (χ0v) is 20.5. The molecule has 2 aromatic heterocycles. The second-order valence-electron chi connectivity index (χ2n) is 9.45. The van der Waals surface area contributed by atoms with Gasteiger partial charge in [-0.1, -0.05) is 30.3 Å². The summed E-state index contributed by atoms with van der Waals surface area (Å²) in [6, 6.07) is 14.3. The molecule has 36 heavy (non-hydrogen) atoms. The topological polar surface area (TPSA) is 133 Å². The molecule has 8 heteroatoms. The standard InChI is InChI=1S/C28H24N6OS/c29-13-17-16-9-4-5-12-21(16)36-28(17)34-19-10-6-11-20(35)23(19)22(15-7-2-1-3-8-15)24-25(31)18(14-30)26(32)33-27(24)34/h1-3,7-8,22H,4-6,9-12H2,(H4,31,32,33). The Morgan fingerprint density at radius 2 is 1.72 bits per heavy atom. The first kappa shape index (κ1) is 22.3. The Morgan fingerprint density at radius 1 is 0.972 bits per heavy atom. The quantitative estimate of drug-likeness (QED) is 0.501. The first-order valence-electron chi connectivity index (χ1n) is 12.2. The Hall–Kier alpha value is -4.14. The zero-order chi connectivity index (χ0) is 25.0. The second kappa shape index (κ2) is 8.51. The van der Waals surface area contributed by atoms with Crippen LogP contribution in [0.2, 0.25) is 0 Å². The number of carbonyl (C=O) groups is 1. The number of nitrogens with two attached hydrogens (primary N) is 2. The summed E-state index contributed by atoms with van der Waals surface area (Å²) >= 11 is 1.60. The zero-order valence-electron chi connectivity index (χ0n) is 19.7. The molecule has 0 spiro atoms. The van der Waals surface area contributed by atoms with Crippen LogP contribution in [0.5, 0.6) is 0 Å². The number of allylic oxidation sites excluding steroid dienone is 2. The number of fused-ring (bicyclic) bond motifs is 2. The van der Waals surface area contributed by atoms with Crippen LogP contribution in [0.25, 0.3) is 0 Å². The van der Waals surface area contributed by atoms with Crippen molar-refractivity contribution in [2.45, 2.75) is 50.9 Å². The van der Waals surface area contributed by atoms with Gasteiger partial charge in [0.05, 0.1) is 11.3 Å². The minimum absolute atomic E-state index is 0.0524. The van der Waals surface area contributed by atoms with E-state index in [4.69, 9.17) is 16.5 Å². The number of pyridine rings is 1. The van der Waals surface area contributed by atoms with Gasteiger partial charge < -0.3 is 11.5 Å². The van der Waals surface area contributed by atoms with Gasteiger partial charge in [-0.15, -0.1) is 11.3 Å². The molecule has 0 saturated heterocycles. The highest BCUT2D eigenvalue weighted by Gasteiger charge is 2.43. The van der Waals surface area contributed by atoms with Crippen molar-refractivity contribution < 1.29 is 4.79 Å². The minimum Gasteiger partial charge on any atom is -0.397 e. The van der Waals surface area contributed by atoms with Crippen LogP contribution in [-0.2, 0) is 17.6 Å². The van der Waals surface area contributed by atoms with Crippen molar-refractivity contribution in [2.75, 3.05) is 16.4 Å². The monoisotopic (exact) mass is 492 g/mol. The summed E-state index contributed by atoms with van der Waals surface area (Å²) in [6.45, 7) is 0. The Labute approximate surface area is 213 Å². The molecular weight excluding hydrogens is 468 g/mol. The second-order valence-corrected chi connectivity index (χ2v) is 10.5. The number of nitrogens with zero attached hydrogens (tertiary/aromatic N) is 4. The molecule has 0 radical (unpaired) electrons. The van der Waals surface area contributed by atoms with Gasteiger partial charge in [0.25, 0.3) is 0 Å². The number of hydrogen-bond acceptors (Lipinski definition) is 8. The first-order valence-corrected chi connectivity index (χ1v) is 13.0. The lowest BCUT2D eigenvalue weighted by Crippen LogP contribution is -2.34. The Balaban J connectivity index is 1.72. The maximum Gasteiger partial charge on any atom is 0.161 e. The number of aryl methyl sites for hydroxylation is 1. The number of aromatic nitrogens is 1. The third kappa shape index (κ3) is 3.15. The predicted molar refractivity (Wildman–Crippen MR) is 140 cm³/mol. The van der Waals surface area contributed by atoms with Crippen LogP contribution in [0, 0.1) is 22.7 Å². The summed E-state index contributed by atoms with van der Waals surface area (Å²) in [5.74, 6) is 0.175. The van der Waals surface area contributed by atoms with E-state index < -0.39 is 5.92 Å². The number of hydrogen-bond donors (Lipinski definition) is 2. The van der Waals surface area contributed by atoms with E-state index >= 15 is 0 Å². The molecule has 1 aliphatic heterocycles. The van der Waals surface area contributed by atoms with Crippen LogP contribution in [-0.4, -0.2) is 10.8 Å². The van der Waals surface area contributed by atoms with Gasteiger partial charge in [-0.3, -0.25) is 9.69 Å². The third-order valence-electron chi connectivity index (χ3n) is 7.48. The molecule has 0 saturated carbocycles. The van der Waals surface area contributed by atoms with Gasteiger partial charge in [-0.05, 0) is 49.7 Å². The van der Waals surface area contributed by atoms with Crippen molar-refractivity contribution in [3.8, 4) is 12.1 Å². The van der Waals surface area contributed by atoms with E-state index in [0.29, 0.717) is 35.4 Å². The number of anilines is 4. The molecule has 3 heterocycles. The van der Waals surface area contributed by atoms with E-state index in [-0.39, 0.29) is 22.9 Å². The summed E-state index contributed by atoms with van der Waals surface area (Å²) in [5, 5.41) is 20.9. The summed E-state index contributed by atoms with van der Waals surface area (Å²) in [6.07, 6.45) is 5.82. The van der Waals surface area contributed by atoms with Crippen LogP contribution in [0.1, 0.15) is 70.7 Å². The fraction of sp³-hybridized carbons (Fsp3) is 0.286. The number of Topliss-reactive ketones (excluding diaryl/α,β-unsaturated/α-hetero) is 1. The predicted octanol–water partition coefficient (Wildman–Crippen LogP) is 5.22. The van der Waals surface area contributed by atoms with Crippen molar-refractivity contribution in [1.29, 1.82) is 10.5 Å². The van der Waals surface area contributed by atoms with Crippen molar-refractivity contribution in [3.63, 3.8) is 0 Å². The number of ketones is 1. The molecule has 0 fully saturated rings. The van der Waals surface area contributed by atoms with Crippen molar-refractivity contribution in [2.24, 2.45) is 0 Å². The van der Waals surface area contributed by atoms with Gasteiger partial charge >= 0.3 is 0 Å². The van der Waals surface area contributed by atoms with E-state index in [1.54, 1.807) is 11.3 Å². The van der Waals surface area contributed by atoms with Gasteiger partial charge in [0.1, 0.15) is 34.3 Å². The number of benzene rings is 1. The Bertz CT molecular complexity index is 1540. The minimum atomic E-state index is -0.458. The lowest BCUT2D eigenvalue weighted by Gasteiger charge is -2.40. The first-order chi connectivity index (χ1) is 17.5. The summed E-state index contributed by atoms with van der Waals surface area (Å²) in [4.78, 5) is 21.5. The third-order valence-corrected chi connectivity index (χ3v) is 8.76. The number of nitriles is 2. The van der Waals surface area contributed by atoms with Crippen LogP contribution >= 0.6 is 11.3 Å². The van der Waals surface area contributed by atoms with E-state index in [9.17, 15) is 15.3 Å². The molecule has 7 nitrogen and oxygen atoms in total. The lowest BCUT2D eigenvalue weighted by molar-refractivity contribution is -0.116. The van der Waals surface area contributed by atoms with Crippen molar-refractivity contribution in [3.05, 3.63) is 74.3 Å². The molecule has 6 rings (SSSR count). The maximum atomic E-state index is 13.6. The van der Waals surface area contributed by atoms with E-state index in [1.165, 1.54) is 4.88 Å². The number of carbonyl (C=O) groups excluding carboxylic acids is 1. The highest BCUT2D eigenvalue weighted by Crippen LogP contribution is 2.55. The SMILES string of the molecule is N#Cc1c(N)nc2c(c1N)C(c1ccccc1)C1=C(CCCC1=O)N2c1sc2c(c1C#N)CCCC2. The van der Waals surface area contributed by atoms with Crippen molar-refractivity contribution in [1.82, 2.24) is 4.98 Å². The van der Waals surface area contributed by atoms with Gasteiger partial charge in [-0.2, -0.15) is 10.5 Å². The molecule has 1 atom stereocenters. The molecule has 1 aromatic carbocycles. The number of rotatable bonds is 2. The van der Waals surface area contributed by atoms with Crippen LogP contribution in [0.15, 0.2) is 41.6 Å². The maximum absolute atomic E-state index is 13.6. The number of nitrogen functional groups attached to an aromatic ring is 2. The number of thiophene rings is 1. The molecule has 0 bridgehead atoms. The fourth-order valence-electron chi connectivity index (χ4n) is 5.90. The van der Waals surface area contributed by atoms with Crippen LogP contribution in [0.3, 0.4) is 0 Å². The molecular formula is C28H24N6OS. The van der Waals surface area contributed by atoms with Gasteiger partial charge in [0.2, 0.25) is 0 Å². The largest absolute Gasteiger partial charge is 0.397 e. The lowest BCUT2D eigenvalue weighted by atomic mass is 9.74. The van der Waals surface area contributed by atoms with Gasteiger partial charge in [0.15, 0.2) is 5.78 Å². The molecule has 3 aromatic rings. The summed E-state index contributed by atoms with van der Waals surface area (Å²) < 4.78 is 0. The average Bonchev–Trinajstić information content (AvgIpc) is 3.26. The van der Waals surface area contributed by atoms with Gasteiger partial charge in [-0.25, -0.2) is 4.98 Å². The van der Waals surface area contributed by atoms with E-state index in [1.807, 2.05) is 35.2 Å². The molecule has 3 aliphatic rings. The molecule has 1 unspecified atom stereocenters. The molecule has 178 valence electrons. The van der Waals surface area contributed by atoms with Crippen LogP contribution in [0.4, 0.5) is 22.3 Å². The van der Waals surface area contributed by atoms with E-state index in [0.717, 1.165) is 53.9 Å². The summed E-state index contributed by atoms with van der Waals surface area (Å²) in [7, 11) is 0. The van der Waals surface area contributed by atoms with Crippen molar-refractivity contribution >= 4 is 39.4 Å². The summed E-state index contributed by atoms with van der Waals surface area (Å²) in [5.41, 5.74) is 18.1. The molecule has 0 amide bonds. The fourth-order valence-corrected chi connectivity index (χ4v) is 7.26. The van der Waals surface area contributed by atoms with E-state index in [2.05, 4.69) is 12.1 Å². The molecule has 4 N–H and O–H groups in total. The molecule has 2 aliphatic carbocycles. The normalized spacial score (nSPS) is 18.7. The van der Waals surface area contributed by atoms with Gasteiger partial charge in [0, 0.05) is 34.0 Å². The Morgan fingerprint density at radius 3 is 2.47 bits per heavy atom.